The molecule has 8 nitrogen and oxygen atoms in total. The van der Waals surface area contributed by atoms with Crippen molar-refractivity contribution in [3.05, 3.63) is 65.7 Å². The molecule has 0 bridgehead atoms. The quantitative estimate of drug-likeness (QED) is 0.169. The van der Waals surface area contributed by atoms with Crippen LogP contribution in [0.15, 0.2) is 54.6 Å². The Hall–Kier alpha value is -3.36. The summed E-state index contributed by atoms with van der Waals surface area (Å²) in [5.41, 5.74) is 13.0. The molecule has 0 atom stereocenters. The maximum Gasteiger partial charge on any atom is 0.238 e. The van der Waals surface area contributed by atoms with E-state index in [-0.39, 0.29) is 18.4 Å². The highest BCUT2D eigenvalue weighted by atomic mass is 16.5. The van der Waals surface area contributed by atoms with Crippen molar-refractivity contribution in [2.24, 2.45) is 17.4 Å². The van der Waals surface area contributed by atoms with Gasteiger partial charge in [-0.05, 0) is 73.5 Å². The first-order chi connectivity index (χ1) is 18.8. The Morgan fingerprint density at radius 2 is 1.67 bits per heavy atom. The van der Waals surface area contributed by atoms with E-state index in [1.165, 1.54) is 12.8 Å². The number of carbonyl (C=O) groups is 2. The maximum atomic E-state index is 12.1. The van der Waals surface area contributed by atoms with Gasteiger partial charge in [0.15, 0.2) is 11.5 Å². The first-order valence-corrected chi connectivity index (χ1v) is 13.8. The van der Waals surface area contributed by atoms with E-state index in [0.717, 1.165) is 36.9 Å². The van der Waals surface area contributed by atoms with Gasteiger partial charge < -0.3 is 31.6 Å². The number of methoxy groups -OCH3 is 1. The van der Waals surface area contributed by atoms with Crippen LogP contribution in [0, 0.1) is 5.92 Å². The number of rotatable bonds is 16. The lowest BCUT2D eigenvalue weighted by atomic mass is 10.1. The minimum absolute atomic E-state index is 0.0539. The fraction of sp³-hybridized carbons (Fsp3) is 0.484. The van der Waals surface area contributed by atoms with Crippen molar-refractivity contribution in [2.45, 2.75) is 72.4 Å². The van der Waals surface area contributed by atoms with E-state index in [2.05, 4.69) is 43.6 Å². The van der Waals surface area contributed by atoms with Gasteiger partial charge in [0.25, 0.3) is 0 Å². The lowest BCUT2D eigenvalue weighted by Crippen LogP contribution is -2.22. The third kappa shape index (κ3) is 15.6. The van der Waals surface area contributed by atoms with Gasteiger partial charge in [0, 0.05) is 18.7 Å². The van der Waals surface area contributed by atoms with Gasteiger partial charge >= 0.3 is 0 Å². The molecule has 0 radical (unpaired) electrons. The second-order valence-corrected chi connectivity index (χ2v) is 9.56. The number of anilines is 1. The Kier molecular flexibility index (Phi) is 17.8. The van der Waals surface area contributed by atoms with Gasteiger partial charge in [0.05, 0.1) is 13.7 Å². The van der Waals surface area contributed by atoms with E-state index in [0.29, 0.717) is 42.7 Å². The molecule has 6 N–H and O–H groups in total. The second-order valence-electron chi connectivity index (χ2n) is 9.56. The molecule has 2 amide bonds. The summed E-state index contributed by atoms with van der Waals surface area (Å²) in [7, 11) is 1.59. The van der Waals surface area contributed by atoms with Crippen molar-refractivity contribution in [3.8, 4) is 11.5 Å². The standard InChI is InChI=1S/C27H37N3O4.C4H11N/c1-20(2)8-6-4-5-7-9-26(31)29-18-22-12-15-24(25(16-22)33-3)34-19-21-10-13-23(14-11-21)30-27(32)17-28;1-2-3-4-5/h6,8,10-16,20H,4-5,7,9,17-19,28H2,1-3H3,(H,29,31)(H,30,32);2-5H2,1H3/b8-6+;. The molecule has 0 fully saturated rings. The molecule has 2 aromatic carbocycles. The van der Waals surface area contributed by atoms with Gasteiger partial charge in [-0.15, -0.1) is 0 Å². The summed E-state index contributed by atoms with van der Waals surface area (Å²) in [6.07, 6.45) is 10.2. The third-order valence-electron chi connectivity index (χ3n) is 5.64. The molecule has 0 saturated carbocycles. The van der Waals surface area contributed by atoms with Crippen LogP contribution in [0.2, 0.25) is 0 Å². The van der Waals surface area contributed by atoms with Crippen LogP contribution in [0.25, 0.3) is 0 Å². The van der Waals surface area contributed by atoms with Crippen LogP contribution in [-0.4, -0.2) is 32.0 Å². The van der Waals surface area contributed by atoms with Crippen LogP contribution < -0.4 is 31.6 Å². The zero-order chi connectivity index (χ0) is 28.9. The fourth-order valence-electron chi connectivity index (χ4n) is 3.41. The molecule has 2 aromatic rings. The number of hydrogen-bond donors (Lipinski definition) is 4. The summed E-state index contributed by atoms with van der Waals surface area (Å²) in [6, 6.07) is 13.0. The average molecular weight is 541 g/mol. The van der Waals surface area contributed by atoms with Crippen LogP contribution in [0.5, 0.6) is 11.5 Å². The molecule has 0 aliphatic carbocycles. The van der Waals surface area contributed by atoms with E-state index in [1.807, 2.05) is 30.3 Å². The molecule has 216 valence electrons. The lowest BCUT2D eigenvalue weighted by Gasteiger charge is -2.13. The highest BCUT2D eigenvalue weighted by molar-refractivity contribution is 5.92. The minimum Gasteiger partial charge on any atom is -0.493 e. The highest BCUT2D eigenvalue weighted by Gasteiger charge is 2.08. The second kappa shape index (κ2) is 20.6. The molecule has 2 rings (SSSR count). The van der Waals surface area contributed by atoms with E-state index in [1.54, 1.807) is 19.2 Å². The Morgan fingerprint density at radius 3 is 2.26 bits per heavy atom. The number of carbonyl (C=O) groups excluding carboxylic acids is 2. The zero-order valence-electron chi connectivity index (χ0n) is 24.1. The van der Waals surface area contributed by atoms with Gasteiger partial charge in [-0.2, -0.15) is 0 Å². The molecule has 0 aromatic heterocycles. The monoisotopic (exact) mass is 540 g/mol. The van der Waals surface area contributed by atoms with Gasteiger partial charge in [-0.25, -0.2) is 0 Å². The van der Waals surface area contributed by atoms with Gasteiger partial charge in [-0.3, -0.25) is 9.59 Å². The van der Waals surface area contributed by atoms with Crippen LogP contribution in [0.1, 0.15) is 70.4 Å². The molecule has 39 heavy (non-hydrogen) atoms. The molecule has 0 spiro atoms. The molecular weight excluding hydrogens is 492 g/mol. The van der Waals surface area contributed by atoms with E-state index >= 15 is 0 Å². The number of allylic oxidation sites excluding steroid dienone is 2. The van der Waals surface area contributed by atoms with Crippen LogP contribution in [-0.2, 0) is 22.7 Å². The summed E-state index contributed by atoms with van der Waals surface area (Å²) in [6.45, 7) is 8.03. The first kappa shape index (κ1) is 33.7. The molecule has 0 aliphatic rings. The summed E-state index contributed by atoms with van der Waals surface area (Å²) >= 11 is 0. The predicted octanol–water partition coefficient (Wildman–Crippen LogP) is 5.31. The van der Waals surface area contributed by atoms with Crippen molar-refractivity contribution in [1.82, 2.24) is 5.32 Å². The van der Waals surface area contributed by atoms with Crippen molar-refractivity contribution >= 4 is 17.5 Å². The number of benzene rings is 2. The summed E-state index contributed by atoms with van der Waals surface area (Å²) in [5.74, 6) is 1.61. The predicted molar refractivity (Wildman–Crippen MR) is 160 cm³/mol. The maximum absolute atomic E-state index is 12.1. The third-order valence-corrected chi connectivity index (χ3v) is 5.64. The SMILES string of the molecule is CCCCN.COc1cc(CNC(=O)CCCC/C=C/C(C)C)ccc1OCc1ccc(NC(=O)CN)cc1. The highest BCUT2D eigenvalue weighted by Crippen LogP contribution is 2.29. The zero-order valence-corrected chi connectivity index (χ0v) is 24.1. The van der Waals surface area contributed by atoms with Crippen LogP contribution in [0.4, 0.5) is 5.69 Å². The first-order valence-electron chi connectivity index (χ1n) is 13.8. The average Bonchev–Trinajstić information content (AvgIpc) is 2.94. The number of ether oxygens (including phenoxy) is 2. The van der Waals surface area contributed by atoms with E-state index in [4.69, 9.17) is 20.9 Å². The van der Waals surface area contributed by atoms with Gasteiger partial charge in [0.1, 0.15) is 6.61 Å². The van der Waals surface area contributed by atoms with Crippen molar-refractivity contribution in [2.75, 3.05) is 25.5 Å². The smallest absolute Gasteiger partial charge is 0.238 e. The Labute approximate surface area is 234 Å². The Balaban J connectivity index is 0.00000139. The molecule has 8 heteroatoms. The van der Waals surface area contributed by atoms with Crippen LogP contribution in [0.3, 0.4) is 0 Å². The Morgan fingerprint density at radius 1 is 0.949 bits per heavy atom. The van der Waals surface area contributed by atoms with E-state index in [9.17, 15) is 9.59 Å². The van der Waals surface area contributed by atoms with Gasteiger partial charge in [-0.1, -0.05) is 57.5 Å². The molecular formula is C31H48N4O4. The number of hydrogen-bond acceptors (Lipinski definition) is 6. The van der Waals surface area contributed by atoms with Gasteiger partial charge in [0.2, 0.25) is 11.8 Å². The lowest BCUT2D eigenvalue weighted by molar-refractivity contribution is -0.121. The molecule has 0 saturated heterocycles. The number of nitrogens with two attached hydrogens (primary N) is 2. The summed E-state index contributed by atoms with van der Waals surface area (Å²) in [4.78, 5) is 23.5. The summed E-state index contributed by atoms with van der Waals surface area (Å²) < 4.78 is 11.4. The van der Waals surface area contributed by atoms with Crippen molar-refractivity contribution < 1.29 is 19.1 Å². The molecule has 0 unspecified atom stereocenters. The molecule has 0 aliphatic heterocycles. The summed E-state index contributed by atoms with van der Waals surface area (Å²) in [5, 5.41) is 5.67. The topological polar surface area (TPSA) is 129 Å². The minimum atomic E-state index is -0.237. The van der Waals surface area contributed by atoms with E-state index < -0.39 is 0 Å². The number of amides is 2. The largest absolute Gasteiger partial charge is 0.493 e. The normalized spacial score (nSPS) is 10.6. The van der Waals surface area contributed by atoms with Crippen molar-refractivity contribution in [3.63, 3.8) is 0 Å². The number of unbranched alkanes of at least 4 members (excludes halogenated alkanes) is 3. The fourth-order valence-corrected chi connectivity index (χ4v) is 3.41. The van der Waals surface area contributed by atoms with Crippen molar-refractivity contribution in [1.29, 1.82) is 0 Å². The number of nitrogens with one attached hydrogen (secondary N) is 2. The Bertz CT molecular complexity index is 989. The van der Waals surface area contributed by atoms with Crippen LogP contribution >= 0.6 is 0 Å². The molecule has 0 heterocycles.